The number of aliphatic hydroxyl groups is 1. The first kappa shape index (κ1) is 28.2. The summed E-state index contributed by atoms with van der Waals surface area (Å²) in [6.07, 6.45) is -0.540. The van der Waals surface area contributed by atoms with E-state index in [1.807, 2.05) is 52.0 Å². The van der Waals surface area contributed by atoms with E-state index in [2.05, 4.69) is 15.6 Å². The van der Waals surface area contributed by atoms with E-state index in [9.17, 15) is 23.8 Å². The minimum Gasteiger partial charge on any atom is -0.505 e. The Morgan fingerprint density at radius 2 is 1.73 bits per heavy atom. The van der Waals surface area contributed by atoms with E-state index in [0.717, 1.165) is 29.3 Å². The number of aromatic hydroxyl groups is 1. The van der Waals surface area contributed by atoms with Crippen LogP contribution in [-0.2, 0) is 19.4 Å². The number of pyridine rings is 1. The molecular formula is C29H35F2N3O3. The SMILES string of the molecule is Cc1cccc(CNC[C@@H](O)[C@H](Cc2cc(F)cc(F)c2)NC(=O)c2nc(CC(C)(C)C)ccc2O)c1. The van der Waals surface area contributed by atoms with Crippen molar-refractivity contribution in [1.29, 1.82) is 0 Å². The molecule has 1 aromatic heterocycles. The van der Waals surface area contributed by atoms with Crippen LogP contribution in [0.3, 0.4) is 0 Å². The molecule has 37 heavy (non-hydrogen) atoms. The third-order valence-corrected chi connectivity index (χ3v) is 5.78. The van der Waals surface area contributed by atoms with E-state index in [1.165, 1.54) is 6.07 Å². The van der Waals surface area contributed by atoms with Gasteiger partial charge in [0.05, 0.1) is 12.1 Å². The molecule has 4 N–H and O–H groups in total. The molecule has 0 spiro atoms. The van der Waals surface area contributed by atoms with Crippen molar-refractivity contribution in [2.24, 2.45) is 5.41 Å². The summed E-state index contributed by atoms with van der Waals surface area (Å²) < 4.78 is 27.6. The summed E-state index contributed by atoms with van der Waals surface area (Å²) in [6.45, 7) is 8.70. The first-order valence-corrected chi connectivity index (χ1v) is 12.3. The normalized spacial score (nSPS) is 13.3. The molecule has 1 heterocycles. The van der Waals surface area contributed by atoms with Crippen LogP contribution in [0.1, 0.15) is 53.6 Å². The second-order valence-electron chi connectivity index (χ2n) is 10.7. The van der Waals surface area contributed by atoms with Crippen molar-refractivity contribution in [2.75, 3.05) is 6.54 Å². The number of nitrogens with one attached hydrogen (secondary N) is 2. The molecule has 0 unspecified atom stereocenters. The molecule has 0 aliphatic carbocycles. The second-order valence-corrected chi connectivity index (χ2v) is 10.7. The van der Waals surface area contributed by atoms with E-state index in [-0.39, 0.29) is 35.4 Å². The Hall–Kier alpha value is -3.36. The number of hydrogen-bond acceptors (Lipinski definition) is 5. The van der Waals surface area contributed by atoms with Gasteiger partial charge in [-0.1, -0.05) is 50.6 Å². The van der Waals surface area contributed by atoms with Gasteiger partial charge in [-0.05, 0) is 60.6 Å². The van der Waals surface area contributed by atoms with Gasteiger partial charge in [0.15, 0.2) is 5.69 Å². The monoisotopic (exact) mass is 511 g/mol. The first-order chi connectivity index (χ1) is 17.4. The zero-order valence-electron chi connectivity index (χ0n) is 21.7. The molecule has 0 radical (unpaired) electrons. The number of hydrogen-bond donors (Lipinski definition) is 4. The van der Waals surface area contributed by atoms with Crippen LogP contribution in [0.25, 0.3) is 0 Å². The smallest absolute Gasteiger partial charge is 0.274 e. The van der Waals surface area contributed by atoms with E-state index in [0.29, 0.717) is 18.7 Å². The van der Waals surface area contributed by atoms with Crippen LogP contribution in [-0.4, -0.2) is 39.8 Å². The van der Waals surface area contributed by atoms with Crippen molar-refractivity contribution in [1.82, 2.24) is 15.6 Å². The molecule has 1 amide bonds. The van der Waals surface area contributed by atoms with Crippen molar-refractivity contribution in [3.8, 4) is 5.75 Å². The lowest BCUT2D eigenvalue weighted by molar-refractivity contribution is 0.0822. The fourth-order valence-corrected chi connectivity index (χ4v) is 4.13. The molecule has 0 bridgehead atoms. The zero-order chi connectivity index (χ0) is 27.2. The van der Waals surface area contributed by atoms with E-state index in [1.54, 1.807) is 6.07 Å². The van der Waals surface area contributed by atoms with Gasteiger partial charge in [-0.3, -0.25) is 4.79 Å². The van der Waals surface area contributed by atoms with E-state index >= 15 is 0 Å². The molecule has 0 aliphatic heterocycles. The van der Waals surface area contributed by atoms with Crippen LogP contribution in [0.15, 0.2) is 54.6 Å². The largest absolute Gasteiger partial charge is 0.505 e. The third kappa shape index (κ3) is 8.91. The minimum absolute atomic E-state index is 0.0316. The molecule has 6 nitrogen and oxygen atoms in total. The van der Waals surface area contributed by atoms with Crippen LogP contribution in [0.4, 0.5) is 8.78 Å². The van der Waals surface area contributed by atoms with Gasteiger partial charge < -0.3 is 20.8 Å². The summed E-state index contributed by atoms with van der Waals surface area (Å²) in [6, 6.07) is 13.2. The highest BCUT2D eigenvalue weighted by atomic mass is 19.1. The van der Waals surface area contributed by atoms with Gasteiger partial charge in [-0.15, -0.1) is 0 Å². The van der Waals surface area contributed by atoms with Crippen molar-refractivity contribution in [2.45, 2.75) is 59.2 Å². The van der Waals surface area contributed by atoms with E-state index in [4.69, 9.17) is 0 Å². The number of rotatable bonds is 10. The Balaban J connectivity index is 1.78. The minimum atomic E-state index is -1.10. The summed E-state index contributed by atoms with van der Waals surface area (Å²) in [7, 11) is 0. The number of amides is 1. The average Bonchev–Trinajstić information content (AvgIpc) is 2.78. The number of carbonyl (C=O) groups excluding carboxylic acids is 1. The highest BCUT2D eigenvalue weighted by molar-refractivity contribution is 5.95. The summed E-state index contributed by atoms with van der Waals surface area (Å²) in [5, 5.41) is 27.2. The molecule has 3 aromatic rings. The van der Waals surface area contributed by atoms with Crippen molar-refractivity contribution in [3.05, 3.63) is 94.3 Å². The Labute approximate surface area is 216 Å². The van der Waals surface area contributed by atoms with Crippen molar-refractivity contribution < 1.29 is 23.8 Å². The van der Waals surface area contributed by atoms with Crippen LogP contribution in [0.5, 0.6) is 5.75 Å². The highest BCUT2D eigenvalue weighted by Gasteiger charge is 2.25. The topological polar surface area (TPSA) is 94.5 Å². The number of halogens is 2. The molecule has 2 aromatic carbocycles. The van der Waals surface area contributed by atoms with Crippen molar-refractivity contribution >= 4 is 5.91 Å². The molecular weight excluding hydrogens is 476 g/mol. The standard InChI is InChI=1S/C29H35F2N3O3/c1-18-6-5-7-19(10-18)16-32-17-26(36)24(13-20-11-21(30)14-22(31)12-20)34-28(37)27-25(35)9-8-23(33-27)15-29(2,3)4/h5-12,14,24,26,32,35-36H,13,15-17H2,1-4H3,(H,34,37)/t24-,26+/m0/s1. The van der Waals surface area contributed by atoms with Crippen LogP contribution < -0.4 is 10.6 Å². The molecule has 198 valence electrons. The maximum Gasteiger partial charge on any atom is 0.274 e. The Morgan fingerprint density at radius 3 is 2.38 bits per heavy atom. The summed E-state index contributed by atoms with van der Waals surface area (Å²) in [4.78, 5) is 17.5. The maximum absolute atomic E-state index is 13.8. The Bertz CT molecular complexity index is 1210. The molecule has 0 fully saturated rings. The number of aromatic nitrogens is 1. The number of nitrogens with zero attached hydrogens (tertiary/aromatic N) is 1. The van der Waals surface area contributed by atoms with Crippen molar-refractivity contribution in [3.63, 3.8) is 0 Å². The maximum atomic E-state index is 13.8. The Morgan fingerprint density at radius 1 is 1.03 bits per heavy atom. The molecule has 8 heteroatoms. The van der Waals surface area contributed by atoms with Gasteiger partial charge >= 0.3 is 0 Å². The summed E-state index contributed by atoms with van der Waals surface area (Å²) >= 11 is 0. The van der Waals surface area contributed by atoms with Gasteiger partial charge in [0, 0.05) is 24.8 Å². The summed E-state index contributed by atoms with van der Waals surface area (Å²) in [5.41, 5.74) is 2.81. The number of aliphatic hydroxyl groups excluding tert-OH is 1. The molecule has 0 aliphatic rings. The Kier molecular flexibility index (Phi) is 9.34. The fourth-order valence-electron chi connectivity index (χ4n) is 4.13. The van der Waals surface area contributed by atoms with Gasteiger partial charge in [-0.2, -0.15) is 0 Å². The fraction of sp³-hybridized carbons (Fsp3) is 0.379. The molecule has 0 saturated heterocycles. The number of carbonyl (C=O) groups is 1. The lowest BCUT2D eigenvalue weighted by atomic mass is 9.90. The summed E-state index contributed by atoms with van der Waals surface area (Å²) in [5.74, 6) is -2.48. The molecule has 0 saturated carbocycles. The predicted molar refractivity (Wildman–Crippen MR) is 139 cm³/mol. The molecule has 3 rings (SSSR count). The lowest BCUT2D eigenvalue weighted by Gasteiger charge is -2.25. The highest BCUT2D eigenvalue weighted by Crippen LogP contribution is 2.23. The first-order valence-electron chi connectivity index (χ1n) is 12.3. The van der Waals surface area contributed by atoms with Crippen LogP contribution >= 0.6 is 0 Å². The van der Waals surface area contributed by atoms with Gasteiger partial charge in [-0.25, -0.2) is 13.8 Å². The third-order valence-electron chi connectivity index (χ3n) is 5.78. The van der Waals surface area contributed by atoms with Gasteiger partial charge in [0.1, 0.15) is 17.4 Å². The number of benzene rings is 2. The lowest BCUT2D eigenvalue weighted by Crippen LogP contribution is -2.49. The van der Waals surface area contributed by atoms with Crippen LogP contribution in [0.2, 0.25) is 0 Å². The second kappa shape index (κ2) is 12.3. The molecule has 2 atom stereocenters. The quantitative estimate of drug-likeness (QED) is 0.323. The van der Waals surface area contributed by atoms with Gasteiger partial charge in [0.2, 0.25) is 0 Å². The zero-order valence-corrected chi connectivity index (χ0v) is 21.7. The van der Waals surface area contributed by atoms with Crippen LogP contribution in [0, 0.1) is 24.0 Å². The predicted octanol–water partition coefficient (Wildman–Crippen LogP) is 4.45. The van der Waals surface area contributed by atoms with E-state index < -0.39 is 29.7 Å². The number of aryl methyl sites for hydroxylation is 1. The average molecular weight is 512 g/mol. The van der Waals surface area contributed by atoms with Gasteiger partial charge in [0.25, 0.3) is 5.91 Å².